The molecule has 2 aromatic rings. The Hall–Kier alpha value is -1.55. The van der Waals surface area contributed by atoms with Crippen LogP contribution in [0.15, 0.2) is 10.5 Å². The van der Waals surface area contributed by atoms with Gasteiger partial charge in [-0.05, 0) is 36.7 Å². The fourth-order valence-corrected chi connectivity index (χ4v) is 5.88. The maximum absolute atomic E-state index is 6.57. The Morgan fingerprint density at radius 1 is 1.31 bits per heavy atom. The number of hydrogen-bond donors (Lipinski definition) is 1. The number of nitrogens with two attached hydrogens (primary N) is 1. The van der Waals surface area contributed by atoms with Gasteiger partial charge in [-0.1, -0.05) is 48.3 Å². The number of nitrogen functional groups attached to an aromatic ring is 1. The summed E-state index contributed by atoms with van der Waals surface area (Å²) in [6, 6.07) is 1.96. The van der Waals surface area contributed by atoms with Crippen LogP contribution in [0.5, 0.6) is 11.5 Å². The van der Waals surface area contributed by atoms with Gasteiger partial charge in [-0.3, -0.25) is 0 Å². The van der Waals surface area contributed by atoms with E-state index in [1.165, 1.54) is 0 Å². The van der Waals surface area contributed by atoms with Gasteiger partial charge in [0, 0.05) is 41.2 Å². The summed E-state index contributed by atoms with van der Waals surface area (Å²) in [5.74, 6) is 2.57. The Morgan fingerprint density at radius 3 is 2.72 bits per heavy atom. The van der Waals surface area contributed by atoms with Crippen LogP contribution in [0.4, 0.5) is 11.8 Å². The first-order valence-corrected chi connectivity index (χ1v) is 14.8. The van der Waals surface area contributed by atoms with Gasteiger partial charge in [0.1, 0.15) is 11.0 Å². The predicted octanol–water partition coefficient (Wildman–Crippen LogP) is 5.64. The molecule has 0 fully saturated rings. The number of hydrogen-bond acceptors (Lipinski definition) is 7. The summed E-state index contributed by atoms with van der Waals surface area (Å²) in [6.45, 7) is 15.5. The zero-order chi connectivity index (χ0) is 23.4. The minimum atomic E-state index is -1.91. The highest BCUT2D eigenvalue weighted by atomic mass is 79.9. The molecule has 32 heavy (non-hydrogen) atoms. The molecule has 1 unspecified atom stereocenters. The van der Waals surface area contributed by atoms with E-state index < -0.39 is 8.32 Å². The van der Waals surface area contributed by atoms with Crippen LogP contribution >= 0.6 is 27.5 Å². The summed E-state index contributed by atoms with van der Waals surface area (Å²) in [4.78, 5) is 11.0. The number of aromatic nitrogens is 2. The summed E-state index contributed by atoms with van der Waals surface area (Å²) in [5.41, 5.74) is 9.03. The first kappa shape index (κ1) is 23.6. The normalized spacial score (nSPS) is 17.8. The van der Waals surface area contributed by atoms with Crippen LogP contribution in [-0.4, -0.2) is 38.2 Å². The van der Waals surface area contributed by atoms with Crippen molar-refractivity contribution in [1.82, 2.24) is 9.97 Å². The molecule has 2 aliphatic rings. The van der Waals surface area contributed by atoms with Gasteiger partial charge in [0.25, 0.3) is 0 Å². The Labute approximate surface area is 203 Å². The van der Waals surface area contributed by atoms with E-state index >= 15 is 0 Å². The van der Waals surface area contributed by atoms with E-state index in [1.54, 1.807) is 0 Å². The lowest BCUT2D eigenvalue weighted by molar-refractivity contribution is 0.173. The van der Waals surface area contributed by atoms with Crippen molar-refractivity contribution in [2.75, 3.05) is 30.6 Å². The molecule has 174 valence electrons. The average Bonchev–Trinajstić information content (AvgIpc) is 3.27. The van der Waals surface area contributed by atoms with E-state index in [0.717, 1.165) is 45.0 Å². The second kappa shape index (κ2) is 8.34. The molecule has 0 radical (unpaired) electrons. The van der Waals surface area contributed by atoms with Gasteiger partial charge in [0.15, 0.2) is 19.8 Å². The Kier molecular flexibility index (Phi) is 6.15. The van der Waals surface area contributed by atoms with Crippen molar-refractivity contribution in [3.05, 3.63) is 32.4 Å². The second-order valence-electron chi connectivity index (χ2n) is 9.95. The number of benzene rings is 1. The number of nitrogens with zero attached hydrogens (tertiary/aromatic N) is 3. The largest absolute Gasteiger partial charge is 0.454 e. The maximum Gasteiger partial charge on any atom is 0.231 e. The molecule has 0 saturated carbocycles. The highest BCUT2D eigenvalue weighted by molar-refractivity contribution is 9.10. The van der Waals surface area contributed by atoms with Crippen LogP contribution in [0.3, 0.4) is 0 Å². The van der Waals surface area contributed by atoms with Crippen molar-refractivity contribution >= 4 is 47.6 Å². The molecule has 7 nitrogen and oxygen atoms in total. The molecule has 0 amide bonds. The van der Waals surface area contributed by atoms with Crippen molar-refractivity contribution in [3.63, 3.8) is 0 Å². The SMILES string of the molecule is Cc1c(CN2CC(CO[Si](C)(C)C(C)(C)C)c3c(Cl)nc(N)nc32)c(Br)cc2c1OCO2. The molecule has 1 atom stereocenters. The van der Waals surface area contributed by atoms with E-state index in [2.05, 4.69) is 64.7 Å². The van der Waals surface area contributed by atoms with E-state index in [9.17, 15) is 0 Å². The molecule has 0 aliphatic carbocycles. The lowest BCUT2D eigenvalue weighted by Gasteiger charge is -2.37. The molecule has 2 N–H and O–H groups in total. The van der Waals surface area contributed by atoms with E-state index in [0.29, 0.717) is 18.3 Å². The van der Waals surface area contributed by atoms with Crippen LogP contribution in [0.25, 0.3) is 0 Å². The number of anilines is 2. The first-order valence-electron chi connectivity index (χ1n) is 10.7. The van der Waals surface area contributed by atoms with E-state index in [1.807, 2.05) is 13.0 Å². The van der Waals surface area contributed by atoms with E-state index in [4.69, 9.17) is 31.2 Å². The van der Waals surface area contributed by atoms with Crippen LogP contribution in [0, 0.1) is 6.92 Å². The Morgan fingerprint density at radius 2 is 2.03 bits per heavy atom. The molecule has 1 aromatic heterocycles. The van der Waals surface area contributed by atoms with Gasteiger partial charge in [0.2, 0.25) is 12.7 Å². The first-order chi connectivity index (χ1) is 14.9. The minimum absolute atomic E-state index is 0.0697. The molecule has 2 aliphatic heterocycles. The maximum atomic E-state index is 6.57. The van der Waals surface area contributed by atoms with Gasteiger partial charge in [-0.2, -0.15) is 4.98 Å². The van der Waals surface area contributed by atoms with Crippen molar-refractivity contribution in [2.45, 2.75) is 58.3 Å². The summed E-state index contributed by atoms with van der Waals surface area (Å²) in [5, 5.41) is 0.532. The van der Waals surface area contributed by atoms with Crippen molar-refractivity contribution in [3.8, 4) is 11.5 Å². The number of ether oxygens (including phenoxy) is 2. The zero-order valence-corrected chi connectivity index (χ0v) is 22.7. The Bertz CT molecular complexity index is 1060. The lowest BCUT2D eigenvalue weighted by atomic mass is 10.1. The summed E-state index contributed by atoms with van der Waals surface area (Å²) < 4.78 is 18.7. The molecule has 0 saturated heterocycles. The fourth-order valence-electron chi connectivity index (χ4n) is 3.88. The third-order valence-electron chi connectivity index (χ3n) is 6.83. The van der Waals surface area contributed by atoms with Crippen LogP contribution in [0.1, 0.15) is 43.4 Å². The van der Waals surface area contributed by atoms with Crippen LogP contribution in [0.2, 0.25) is 23.3 Å². The summed E-state index contributed by atoms with van der Waals surface area (Å²) in [6.07, 6.45) is 0. The standard InChI is InChI=1S/C22H30BrClN4O3Si/c1-12-14(15(23)7-16-18(12)30-11-29-16)9-28-8-13(10-31-32(5,6)22(2,3)4)17-19(24)26-21(25)27-20(17)28/h7,13H,8-11H2,1-6H3,(H2,25,26,27). The molecule has 0 bridgehead atoms. The molecule has 10 heteroatoms. The van der Waals surface area contributed by atoms with Crippen LogP contribution < -0.4 is 20.1 Å². The monoisotopic (exact) mass is 540 g/mol. The van der Waals surface area contributed by atoms with Gasteiger partial charge in [0.05, 0.1) is 0 Å². The molecular weight excluding hydrogens is 512 g/mol. The van der Waals surface area contributed by atoms with Gasteiger partial charge < -0.3 is 24.5 Å². The topological polar surface area (TPSA) is 82.7 Å². The third-order valence-corrected chi connectivity index (χ3v) is 12.3. The lowest BCUT2D eigenvalue weighted by Crippen LogP contribution is -2.42. The van der Waals surface area contributed by atoms with Crippen molar-refractivity contribution in [2.24, 2.45) is 0 Å². The Balaban J connectivity index is 1.65. The highest BCUT2D eigenvalue weighted by Gasteiger charge is 2.40. The van der Waals surface area contributed by atoms with Crippen molar-refractivity contribution in [1.29, 1.82) is 0 Å². The molecule has 1 aromatic carbocycles. The number of halogens is 2. The fraction of sp³-hybridized carbons (Fsp3) is 0.545. The van der Waals surface area contributed by atoms with Gasteiger partial charge in [-0.15, -0.1) is 0 Å². The third kappa shape index (κ3) is 4.20. The van der Waals surface area contributed by atoms with Gasteiger partial charge in [-0.25, -0.2) is 4.98 Å². The molecular formula is C22H30BrClN4O3Si. The number of fused-ring (bicyclic) bond motifs is 2. The zero-order valence-electron chi connectivity index (χ0n) is 19.4. The quantitative estimate of drug-likeness (QED) is 0.387. The predicted molar refractivity (Wildman–Crippen MR) is 133 cm³/mol. The molecule has 3 heterocycles. The minimum Gasteiger partial charge on any atom is -0.454 e. The van der Waals surface area contributed by atoms with Crippen LogP contribution in [-0.2, 0) is 11.0 Å². The second-order valence-corrected chi connectivity index (χ2v) is 16.0. The van der Waals surface area contributed by atoms with E-state index in [-0.39, 0.29) is 23.7 Å². The molecule has 4 rings (SSSR count). The summed E-state index contributed by atoms with van der Waals surface area (Å²) in [7, 11) is -1.91. The number of rotatable bonds is 5. The average molecular weight is 542 g/mol. The molecule has 0 spiro atoms. The van der Waals surface area contributed by atoms with Crippen molar-refractivity contribution < 1.29 is 13.9 Å². The van der Waals surface area contributed by atoms with Gasteiger partial charge >= 0.3 is 0 Å². The summed E-state index contributed by atoms with van der Waals surface area (Å²) >= 11 is 10.3. The highest BCUT2D eigenvalue weighted by Crippen LogP contribution is 2.45. The smallest absolute Gasteiger partial charge is 0.231 e.